The molecule has 0 aliphatic heterocycles. The number of aromatic nitrogens is 2. The smallest absolute Gasteiger partial charge is 0.0625 e. The van der Waals surface area contributed by atoms with Gasteiger partial charge in [-0.2, -0.15) is 5.10 Å². The van der Waals surface area contributed by atoms with Crippen LogP contribution in [0.5, 0.6) is 0 Å². The third-order valence-electron chi connectivity index (χ3n) is 4.51. The van der Waals surface area contributed by atoms with Crippen LogP contribution in [0.1, 0.15) is 44.0 Å². The predicted octanol–water partition coefficient (Wildman–Crippen LogP) is 1.69. The van der Waals surface area contributed by atoms with Crippen molar-refractivity contribution in [3.05, 3.63) is 17.5 Å². The molecule has 1 aliphatic rings. The Hall–Kier alpha value is -0.870. The van der Waals surface area contributed by atoms with Gasteiger partial charge in [0.2, 0.25) is 0 Å². The molecule has 1 heterocycles. The summed E-state index contributed by atoms with van der Waals surface area (Å²) in [5.74, 6) is 0. The van der Waals surface area contributed by atoms with E-state index in [1.807, 2.05) is 11.7 Å². The van der Waals surface area contributed by atoms with Gasteiger partial charge in [-0.3, -0.25) is 9.58 Å². The Balaban J connectivity index is 2.10. The Labute approximate surface area is 110 Å². The van der Waals surface area contributed by atoms with Crippen molar-refractivity contribution >= 4 is 0 Å². The van der Waals surface area contributed by atoms with Crippen LogP contribution in [0.4, 0.5) is 0 Å². The van der Waals surface area contributed by atoms with Crippen LogP contribution in [0.3, 0.4) is 0 Å². The lowest BCUT2D eigenvalue weighted by Crippen LogP contribution is -2.49. The van der Waals surface area contributed by atoms with Crippen molar-refractivity contribution in [1.29, 1.82) is 0 Å². The molecule has 0 saturated heterocycles. The number of nitrogens with two attached hydrogens (primary N) is 1. The number of aryl methyl sites for hydroxylation is 2. The number of hydrogen-bond donors (Lipinski definition) is 1. The molecule has 1 aromatic rings. The van der Waals surface area contributed by atoms with E-state index < -0.39 is 0 Å². The number of likely N-dealkylation sites (N-methyl/N-ethyl adjacent to an activating group) is 1. The molecule has 4 heteroatoms. The molecule has 1 aliphatic carbocycles. The zero-order valence-corrected chi connectivity index (χ0v) is 11.9. The lowest BCUT2D eigenvalue weighted by atomic mass is 9.95. The Morgan fingerprint density at radius 1 is 1.44 bits per heavy atom. The molecule has 0 spiro atoms. The molecule has 0 bridgehead atoms. The topological polar surface area (TPSA) is 47.1 Å². The number of nitrogens with zero attached hydrogens (tertiary/aromatic N) is 3. The summed E-state index contributed by atoms with van der Waals surface area (Å²) in [5.41, 5.74) is 8.71. The summed E-state index contributed by atoms with van der Waals surface area (Å²) >= 11 is 0. The highest BCUT2D eigenvalue weighted by atomic mass is 15.3. The van der Waals surface area contributed by atoms with Gasteiger partial charge in [0.05, 0.1) is 11.4 Å². The van der Waals surface area contributed by atoms with Crippen LogP contribution in [0.2, 0.25) is 0 Å². The number of rotatable bonds is 5. The van der Waals surface area contributed by atoms with Crippen molar-refractivity contribution in [2.24, 2.45) is 12.8 Å². The van der Waals surface area contributed by atoms with Crippen LogP contribution in [0.25, 0.3) is 0 Å². The van der Waals surface area contributed by atoms with E-state index >= 15 is 0 Å². The lowest BCUT2D eigenvalue weighted by molar-refractivity contribution is 0.121. The first-order valence-electron chi connectivity index (χ1n) is 7.04. The van der Waals surface area contributed by atoms with Gasteiger partial charge in [0, 0.05) is 25.7 Å². The van der Waals surface area contributed by atoms with Crippen molar-refractivity contribution < 1.29 is 0 Å². The van der Waals surface area contributed by atoms with Crippen molar-refractivity contribution in [3.8, 4) is 0 Å². The molecule has 2 N–H and O–H groups in total. The largest absolute Gasteiger partial charge is 0.329 e. The molecule has 0 amide bonds. The van der Waals surface area contributed by atoms with Gasteiger partial charge < -0.3 is 5.73 Å². The second kappa shape index (κ2) is 5.41. The molecule has 0 radical (unpaired) electrons. The van der Waals surface area contributed by atoms with E-state index in [4.69, 9.17) is 5.73 Å². The third-order valence-corrected chi connectivity index (χ3v) is 4.51. The Bertz CT molecular complexity index is 390. The first-order chi connectivity index (χ1) is 8.61. The monoisotopic (exact) mass is 250 g/mol. The summed E-state index contributed by atoms with van der Waals surface area (Å²) in [7, 11) is 4.24. The second-order valence-electron chi connectivity index (χ2n) is 5.60. The quantitative estimate of drug-likeness (QED) is 0.865. The minimum atomic E-state index is 0.219. The average Bonchev–Trinajstić information content (AvgIpc) is 2.97. The maximum Gasteiger partial charge on any atom is 0.0625 e. The summed E-state index contributed by atoms with van der Waals surface area (Å²) in [6.07, 6.45) is 6.09. The Kier molecular flexibility index (Phi) is 4.07. The highest BCUT2D eigenvalue weighted by Crippen LogP contribution is 2.34. The van der Waals surface area contributed by atoms with Gasteiger partial charge in [-0.15, -0.1) is 0 Å². The molecule has 2 rings (SSSR count). The van der Waals surface area contributed by atoms with Crippen molar-refractivity contribution in [2.75, 3.05) is 13.6 Å². The van der Waals surface area contributed by atoms with Crippen LogP contribution < -0.4 is 5.73 Å². The van der Waals surface area contributed by atoms with E-state index in [1.165, 1.54) is 37.1 Å². The lowest BCUT2D eigenvalue weighted by Gasteiger charge is -2.37. The molecule has 1 aromatic heterocycles. The molecule has 18 heavy (non-hydrogen) atoms. The summed E-state index contributed by atoms with van der Waals surface area (Å²) in [6, 6.07) is 2.22. The minimum Gasteiger partial charge on any atom is -0.329 e. The fourth-order valence-corrected chi connectivity index (χ4v) is 3.08. The SMILES string of the molecule is CCc1cc(CN(C)C2(CN)CCCC2)n(C)n1. The van der Waals surface area contributed by atoms with Crippen molar-refractivity contribution in [1.82, 2.24) is 14.7 Å². The van der Waals surface area contributed by atoms with E-state index in [0.29, 0.717) is 0 Å². The van der Waals surface area contributed by atoms with Crippen LogP contribution in [0.15, 0.2) is 6.07 Å². The Morgan fingerprint density at radius 2 is 2.11 bits per heavy atom. The Morgan fingerprint density at radius 3 is 2.61 bits per heavy atom. The fourth-order valence-electron chi connectivity index (χ4n) is 3.08. The molecular weight excluding hydrogens is 224 g/mol. The van der Waals surface area contributed by atoms with Crippen LogP contribution in [-0.4, -0.2) is 33.8 Å². The molecule has 102 valence electrons. The third kappa shape index (κ3) is 2.45. The van der Waals surface area contributed by atoms with Gasteiger partial charge in [-0.1, -0.05) is 19.8 Å². The summed E-state index contributed by atoms with van der Waals surface area (Å²) in [5, 5.41) is 4.52. The highest BCUT2D eigenvalue weighted by molar-refractivity contribution is 5.11. The average molecular weight is 250 g/mol. The number of hydrogen-bond acceptors (Lipinski definition) is 3. The van der Waals surface area contributed by atoms with E-state index in [1.54, 1.807) is 0 Å². The van der Waals surface area contributed by atoms with Gasteiger partial charge in [-0.05, 0) is 32.4 Å². The van der Waals surface area contributed by atoms with Crippen LogP contribution in [0, 0.1) is 0 Å². The van der Waals surface area contributed by atoms with Gasteiger partial charge >= 0.3 is 0 Å². The normalized spacial score (nSPS) is 18.7. The molecule has 4 nitrogen and oxygen atoms in total. The van der Waals surface area contributed by atoms with Gasteiger partial charge in [0.1, 0.15) is 0 Å². The first-order valence-corrected chi connectivity index (χ1v) is 7.04. The molecule has 0 atom stereocenters. The van der Waals surface area contributed by atoms with Gasteiger partial charge in [0.25, 0.3) is 0 Å². The van der Waals surface area contributed by atoms with E-state index in [2.05, 4.69) is 30.0 Å². The molecule has 1 fully saturated rings. The van der Waals surface area contributed by atoms with Crippen LogP contribution in [-0.2, 0) is 20.0 Å². The molecule has 0 unspecified atom stereocenters. The van der Waals surface area contributed by atoms with Gasteiger partial charge in [0.15, 0.2) is 0 Å². The predicted molar refractivity (Wildman–Crippen MR) is 74.3 cm³/mol. The zero-order valence-electron chi connectivity index (χ0n) is 11.9. The van der Waals surface area contributed by atoms with Crippen molar-refractivity contribution in [2.45, 2.75) is 51.1 Å². The minimum absolute atomic E-state index is 0.219. The zero-order chi connectivity index (χ0) is 13.2. The van der Waals surface area contributed by atoms with Crippen molar-refractivity contribution in [3.63, 3.8) is 0 Å². The summed E-state index contributed by atoms with van der Waals surface area (Å²) in [6.45, 7) is 3.86. The van der Waals surface area contributed by atoms with Crippen LogP contribution >= 0.6 is 0 Å². The maximum atomic E-state index is 6.03. The van der Waals surface area contributed by atoms with E-state index in [9.17, 15) is 0 Å². The standard InChI is InChI=1S/C14H26N4/c1-4-12-9-13(18(3)16-12)10-17(2)14(11-15)7-5-6-8-14/h9H,4-8,10-11,15H2,1-3H3. The van der Waals surface area contributed by atoms with Gasteiger partial charge in [-0.25, -0.2) is 0 Å². The first kappa shape index (κ1) is 13.6. The molecule has 1 saturated carbocycles. The summed E-state index contributed by atoms with van der Waals surface area (Å²) in [4.78, 5) is 2.44. The highest BCUT2D eigenvalue weighted by Gasteiger charge is 2.36. The maximum absolute atomic E-state index is 6.03. The molecule has 0 aromatic carbocycles. The summed E-state index contributed by atoms with van der Waals surface area (Å²) < 4.78 is 2.01. The second-order valence-corrected chi connectivity index (χ2v) is 5.60. The molecular formula is C14H26N4. The van der Waals surface area contributed by atoms with E-state index in [0.717, 1.165) is 19.5 Å². The fraction of sp³-hybridized carbons (Fsp3) is 0.786. The van der Waals surface area contributed by atoms with E-state index in [-0.39, 0.29) is 5.54 Å².